The molecule has 148 valence electrons. The quantitative estimate of drug-likeness (QED) is 0.645. The molecule has 0 bridgehead atoms. The minimum Gasteiger partial charge on any atom is -0.454 e. The van der Waals surface area contributed by atoms with Gasteiger partial charge in [-0.1, -0.05) is 43.5 Å². The Morgan fingerprint density at radius 2 is 1.79 bits per heavy atom. The molecule has 2 aliphatic heterocycles. The number of hydrogen-bond donors (Lipinski definition) is 0. The highest BCUT2D eigenvalue weighted by atomic mass is 32.2. The number of rotatable bonds is 3. The van der Waals surface area contributed by atoms with Crippen LogP contribution in [0.5, 0.6) is 11.5 Å². The lowest BCUT2D eigenvalue weighted by molar-refractivity contribution is -0.124. The number of aliphatic imine (C=N–C) groups is 1. The number of hydrogen-bond acceptors (Lipinski definition) is 5. The second-order valence-corrected chi connectivity index (χ2v) is 8.43. The molecule has 5 rings (SSSR count). The Labute approximate surface area is 174 Å². The molecule has 0 aromatic heterocycles. The summed E-state index contributed by atoms with van der Waals surface area (Å²) in [7, 11) is 0. The van der Waals surface area contributed by atoms with E-state index < -0.39 is 0 Å². The fraction of sp³-hybridized carbons (Fsp3) is 0.304. The first-order chi connectivity index (χ1) is 14.3. The number of fused-ring (bicyclic) bond motifs is 1. The third kappa shape index (κ3) is 3.77. The lowest BCUT2D eigenvalue weighted by Crippen LogP contribution is -2.40. The van der Waals surface area contributed by atoms with Crippen LogP contribution in [0.25, 0.3) is 6.08 Å². The number of amides is 1. The number of amidine groups is 1. The van der Waals surface area contributed by atoms with Gasteiger partial charge in [0.25, 0.3) is 5.91 Å². The number of para-hydroxylation sites is 1. The second-order valence-electron chi connectivity index (χ2n) is 7.42. The second kappa shape index (κ2) is 7.95. The van der Waals surface area contributed by atoms with E-state index in [0.29, 0.717) is 4.91 Å². The Morgan fingerprint density at radius 1 is 1.00 bits per heavy atom. The first-order valence-electron chi connectivity index (χ1n) is 10.0. The van der Waals surface area contributed by atoms with Gasteiger partial charge in [-0.25, -0.2) is 4.99 Å². The fourth-order valence-electron chi connectivity index (χ4n) is 3.99. The average Bonchev–Trinajstić information content (AvgIpc) is 3.34. The molecule has 1 saturated heterocycles. The molecule has 0 radical (unpaired) electrons. The van der Waals surface area contributed by atoms with Crippen molar-refractivity contribution in [2.24, 2.45) is 4.99 Å². The monoisotopic (exact) mass is 406 g/mol. The predicted octanol–water partition coefficient (Wildman–Crippen LogP) is 5.35. The highest BCUT2D eigenvalue weighted by Crippen LogP contribution is 2.39. The van der Waals surface area contributed by atoms with Gasteiger partial charge in [-0.15, -0.1) is 0 Å². The van der Waals surface area contributed by atoms with Crippen molar-refractivity contribution in [2.75, 3.05) is 6.79 Å². The maximum absolute atomic E-state index is 13.3. The molecule has 5 nitrogen and oxygen atoms in total. The summed E-state index contributed by atoms with van der Waals surface area (Å²) in [4.78, 5) is 20.8. The summed E-state index contributed by atoms with van der Waals surface area (Å²) in [5.74, 6) is 1.51. The molecule has 2 aromatic carbocycles. The van der Waals surface area contributed by atoms with E-state index in [9.17, 15) is 4.79 Å². The molecule has 1 amide bonds. The lowest BCUT2D eigenvalue weighted by Gasteiger charge is -2.30. The minimum atomic E-state index is 0.0502. The SMILES string of the molecule is O=C1C(=Cc2ccc3c(c2)OCO3)SC(=Nc2ccccc2)N1C1CCCCC1. The maximum atomic E-state index is 13.3. The molecule has 29 heavy (non-hydrogen) atoms. The van der Waals surface area contributed by atoms with Crippen LogP contribution < -0.4 is 9.47 Å². The Balaban J connectivity index is 1.49. The number of ether oxygens (including phenoxy) is 2. The van der Waals surface area contributed by atoms with Gasteiger partial charge in [0.15, 0.2) is 16.7 Å². The normalized spacial score (nSPS) is 22.1. The van der Waals surface area contributed by atoms with Crippen LogP contribution in [0.3, 0.4) is 0 Å². The summed E-state index contributed by atoms with van der Waals surface area (Å²) in [6, 6.07) is 15.8. The molecule has 0 N–H and O–H groups in total. The van der Waals surface area contributed by atoms with Crippen molar-refractivity contribution in [1.29, 1.82) is 0 Å². The largest absolute Gasteiger partial charge is 0.454 e. The van der Waals surface area contributed by atoms with E-state index in [1.54, 1.807) is 0 Å². The molecule has 3 aliphatic rings. The summed E-state index contributed by atoms with van der Waals surface area (Å²) in [6.07, 6.45) is 7.59. The first-order valence-corrected chi connectivity index (χ1v) is 10.9. The van der Waals surface area contributed by atoms with E-state index >= 15 is 0 Å². The summed E-state index contributed by atoms with van der Waals surface area (Å²) < 4.78 is 10.9. The molecule has 1 saturated carbocycles. The number of benzene rings is 2. The van der Waals surface area contributed by atoms with Crippen molar-refractivity contribution in [3.05, 3.63) is 59.0 Å². The smallest absolute Gasteiger partial charge is 0.267 e. The van der Waals surface area contributed by atoms with Gasteiger partial charge in [0.05, 0.1) is 10.6 Å². The number of carbonyl (C=O) groups excluding carboxylic acids is 1. The van der Waals surface area contributed by atoms with Crippen LogP contribution in [0, 0.1) is 0 Å². The van der Waals surface area contributed by atoms with E-state index in [1.807, 2.05) is 59.5 Å². The summed E-state index contributed by atoms with van der Waals surface area (Å²) in [6.45, 7) is 0.242. The molecular weight excluding hydrogens is 384 g/mol. The Hall–Kier alpha value is -2.73. The maximum Gasteiger partial charge on any atom is 0.267 e. The molecule has 0 unspecified atom stereocenters. The molecule has 6 heteroatoms. The average molecular weight is 407 g/mol. The summed E-state index contributed by atoms with van der Waals surface area (Å²) in [5, 5.41) is 0.778. The van der Waals surface area contributed by atoms with E-state index in [0.717, 1.165) is 40.8 Å². The van der Waals surface area contributed by atoms with Crippen LogP contribution in [-0.4, -0.2) is 28.8 Å². The predicted molar refractivity (Wildman–Crippen MR) is 115 cm³/mol. The lowest BCUT2D eigenvalue weighted by atomic mass is 9.94. The van der Waals surface area contributed by atoms with Gasteiger partial charge >= 0.3 is 0 Å². The van der Waals surface area contributed by atoms with Crippen LogP contribution in [0.2, 0.25) is 0 Å². The van der Waals surface area contributed by atoms with Gasteiger partial charge in [0, 0.05) is 6.04 Å². The topological polar surface area (TPSA) is 51.1 Å². The molecule has 2 heterocycles. The number of carbonyl (C=O) groups is 1. The third-order valence-corrected chi connectivity index (χ3v) is 6.44. The van der Waals surface area contributed by atoms with Crippen LogP contribution >= 0.6 is 11.8 Å². The van der Waals surface area contributed by atoms with Gasteiger partial charge in [-0.3, -0.25) is 9.69 Å². The van der Waals surface area contributed by atoms with Crippen LogP contribution in [0.4, 0.5) is 5.69 Å². The Morgan fingerprint density at radius 3 is 2.62 bits per heavy atom. The molecule has 0 spiro atoms. The summed E-state index contributed by atoms with van der Waals surface area (Å²) in [5.41, 5.74) is 1.79. The fourth-order valence-corrected chi connectivity index (χ4v) is 5.05. The molecule has 2 aromatic rings. The van der Waals surface area contributed by atoms with Gasteiger partial charge in [-0.05, 0) is 60.5 Å². The minimum absolute atomic E-state index is 0.0502. The Kier molecular flexibility index (Phi) is 5.02. The summed E-state index contributed by atoms with van der Waals surface area (Å²) >= 11 is 1.46. The van der Waals surface area contributed by atoms with E-state index in [2.05, 4.69) is 0 Å². The number of nitrogens with zero attached hydrogens (tertiary/aromatic N) is 2. The van der Waals surface area contributed by atoms with Gasteiger partial charge in [0.1, 0.15) is 0 Å². The van der Waals surface area contributed by atoms with Crippen LogP contribution in [0.15, 0.2) is 58.4 Å². The van der Waals surface area contributed by atoms with Crippen LogP contribution in [0.1, 0.15) is 37.7 Å². The molecule has 2 fully saturated rings. The Bertz CT molecular complexity index is 981. The van der Waals surface area contributed by atoms with E-state index in [-0.39, 0.29) is 18.7 Å². The van der Waals surface area contributed by atoms with Crippen molar-refractivity contribution in [3.63, 3.8) is 0 Å². The zero-order valence-electron chi connectivity index (χ0n) is 16.0. The van der Waals surface area contributed by atoms with Crippen molar-refractivity contribution in [1.82, 2.24) is 4.90 Å². The first kappa shape index (κ1) is 18.3. The highest BCUT2D eigenvalue weighted by Gasteiger charge is 2.38. The van der Waals surface area contributed by atoms with Gasteiger partial charge in [0.2, 0.25) is 6.79 Å². The van der Waals surface area contributed by atoms with Crippen LogP contribution in [-0.2, 0) is 4.79 Å². The zero-order valence-corrected chi connectivity index (χ0v) is 16.9. The molecule has 0 atom stereocenters. The molecular formula is C23H22N2O3S. The van der Waals surface area contributed by atoms with Gasteiger partial charge < -0.3 is 9.47 Å². The van der Waals surface area contributed by atoms with E-state index in [1.165, 1.54) is 31.0 Å². The standard InChI is InChI=1S/C23H22N2O3S/c26-22-21(14-16-11-12-19-20(13-16)28-15-27-19)29-23(24-17-7-3-1-4-8-17)25(22)18-9-5-2-6-10-18/h1,3-4,7-8,11-14,18H,2,5-6,9-10,15H2. The third-order valence-electron chi connectivity index (χ3n) is 5.45. The van der Waals surface area contributed by atoms with Crippen molar-refractivity contribution < 1.29 is 14.3 Å². The molecule has 1 aliphatic carbocycles. The number of thioether (sulfide) groups is 1. The zero-order chi connectivity index (χ0) is 19.6. The van der Waals surface area contributed by atoms with Gasteiger partial charge in [-0.2, -0.15) is 0 Å². The van der Waals surface area contributed by atoms with Crippen molar-refractivity contribution in [3.8, 4) is 11.5 Å². The van der Waals surface area contributed by atoms with Crippen molar-refractivity contribution in [2.45, 2.75) is 38.1 Å². The van der Waals surface area contributed by atoms with E-state index in [4.69, 9.17) is 14.5 Å². The van der Waals surface area contributed by atoms with Crippen molar-refractivity contribution >= 4 is 34.6 Å². The highest BCUT2D eigenvalue weighted by molar-refractivity contribution is 8.18.